The van der Waals surface area contributed by atoms with E-state index in [1.54, 1.807) is 0 Å². The Balaban J connectivity index is 1.55. The van der Waals surface area contributed by atoms with Gasteiger partial charge in [-0.1, -0.05) is 25.6 Å². The van der Waals surface area contributed by atoms with Gasteiger partial charge in [-0.15, -0.1) is 11.3 Å². The average molecular weight is 466 g/mol. The Kier molecular flexibility index (Phi) is 6.85. The first-order valence-electron chi connectivity index (χ1n) is 11.1. The van der Waals surface area contributed by atoms with Crippen LogP contribution in [0, 0.1) is 28.6 Å². The van der Waals surface area contributed by atoms with Crippen molar-refractivity contribution in [3.05, 3.63) is 38.9 Å². The number of pyridine rings is 1. The fourth-order valence-corrected chi connectivity index (χ4v) is 6.66. The van der Waals surface area contributed by atoms with E-state index in [-0.39, 0.29) is 11.2 Å². The number of nitrogens with one attached hydrogen (secondary N) is 1. The third kappa shape index (κ3) is 4.54. The lowest BCUT2D eigenvalue weighted by atomic mass is 9.87. The van der Waals surface area contributed by atoms with E-state index in [2.05, 4.69) is 36.3 Å². The van der Waals surface area contributed by atoms with E-state index in [0.717, 1.165) is 60.5 Å². The molecule has 0 saturated carbocycles. The molecule has 3 heterocycles. The van der Waals surface area contributed by atoms with Crippen molar-refractivity contribution in [1.82, 2.24) is 9.88 Å². The molecule has 0 radical (unpaired) electrons. The number of fused-ring (bicyclic) bond motifs is 2. The molecule has 1 aliphatic heterocycles. The van der Waals surface area contributed by atoms with Crippen LogP contribution in [0.15, 0.2) is 11.1 Å². The van der Waals surface area contributed by atoms with E-state index in [9.17, 15) is 15.3 Å². The number of hydrogen-bond donors (Lipinski definition) is 1. The molecule has 0 fully saturated rings. The normalized spacial score (nSPS) is 18.7. The standard InChI is InChI=1S/C24H27N5OS2/c1-4-20(31-23-16(11-25)10-15-9-14(2)5-6-19(15)27-23)22(30)28-24-18(12-26)17-7-8-29(3)13-21(17)32-24/h10,14,20H,4-9,13H2,1-3H3,(H,28,30). The first kappa shape index (κ1) is 22.8. The number of hydrogen-bond acceptors (Lipinski definition) is 7. The van der Waals surface area contributed by atoms with Crippen molar-refractivity contribution in [2.24, 2.45) is 5.92 Å². The number of nitriles is 2. The van der Waals surface area contributed by atoms with Crippen LogP contribution in [0.5, 0.6) is 0 Å². The number of aryl methyl sites for hydroxylation is 1. The molecule has 0 saturated heterocycles. The van der Waals surface area contributed by atoms with E-state index >= 15 is 0 Å². The summed E-state index contributed by atoms with van der Waals surface area (Å²) in [6.45, 7) is 5.91. The number of thiophene rings is 1. The third-order valence-electron chi connectivity index (χ3n) is 6.23. The van der Waals surface area contributed by atoms with Crippen LogP contribution in [0.1, 0.15) is 59.5 Å². The van der Waals surface area contributed by atoms with Crippen molar-refractivity contribution in [2.45, 2.75) is 62.8 Å². The van der Waals surface area contributed by atoms with Gasteiger partial charge in [0.15, 0.2) is 0 Å². The summed E-state index contributed by atoms with van der Waals surface area (Å²) in [4.78, 5) is 21.3. The maximum atomic E-state index is 13.2. The molecule has 166 valence electrons. The minimum Gasteiger partial charge on any atom is -0.316 e. The van der Waals surface area contributed by atoms with E-state index in [1.165, 1.54) is 23.1 Å². The summed E-state index contributed by atoms with van der Waals surface area (Å²) in [5, 5.41) is 23.3. The van der Waals surface area contributed by atoms with Gasteiger partial charge in [0, 0.05) is 23.7 Å². The van der Waals surface area contributed by atoms with Crippen LogP contribution in [0.3, 0.4) is 0 Å². The molecule has 6 nitrogen and oxygen atoms in total. The van der Waals surface area contributed by atoms with Gasteiger partial charge in [-0.05, 0) is 62.3 Å². The van der Waals surface area contributed by atoms with Gasteiger partial charge in [0.2, 0.25) is 5.91 Å². The van der Waals surface area contributed by atoms with Gasteiger partial charge in [-0.25, -0.2) is 4.98 Å². The van der Waals surface area contributed by atoms with Gasteiger partial charge in [0.1, 0.15) is 22.2 Å². The fourth-order valence-electron chi connectivity index (χ4n) is 4.38. The average Bonchev–Trinajstić information content (AvgIpc) is 3.12. The SMILES string of the molecule is CCC(Sc1nc2c(cc1C#N)CC(C)CC2)C(=O)Nc1sc2c(c1C#N)CCN(C)C2. The molecule has 1 aliphatic carbocycles. The predicted molar refractivity (Wildman–Crippen MR) is 128 cm³/mol. The Labute approximate surface area is 197 Å². The molecule has 2 aromatic rings. The summed E-state index contributed by atoms with van der Waals surface area (Å²) in [5.74, 6) is 0.465. The van der Waals surface area contributed by atoms with Crippen LogP contribution in [0.2, 0.25) is 0 Å². The van der Waals surface area contributed by atoms with E-state index < -0.39 is 0 Å². The van der Waals surface area contributed by atoms with E-state index in [1.807, 2.05) is 13.0 Å². The monoisotopic (exact) mass is 465 g/mol. The largest absolute Gasteiger partial charge is 0.316 e. The van der Waals surface area contributed by atoms with Crippen LogP contribution in [-0.2, 0) is 30.6 Å². The van der Waals surface area contributed by atoms with Crippen LogP contribution in [0.4, 0.5) is 5.00 Å². The predicted octanol–water partition coefficient (Wildman–Crippen LogP) is 4.51. The summed E-state index contributed by atoms with van der Waals surface area (Å²) in [6, 6.07) is 6.54. The van der Waals surface area contributed by atoms with Crippen molar-refractivity contribution in [1.29, 1.82) is 10.5 Å². The second kappa shape index (κ2) is 9.62. The van der Waals surface area contributed by atoms with Crippen molar-refractivity contribution in [3.63, 3.8) is 0 Å². The highest BCUT2D eigenvalue weighted by molar-refractivity contribution is 8.00. The summed E-state index contributed by atoms with van der Waals surface area (Å²) in [5.41, 5.74) is 4.44. The van der Waals surface area contributed by atoms with Gasteiger partial charge in [-0.3, -0.25) is 4.79 Å². The maximum absolute atomic E-state index is 13.2. The molecule has 4 rings (SSSR count). The summed E-state index contributed by atoms with van der Waals surface area (Å²) in [6.07, 6.45) is 4.40. The zero-order valence-electron chi connectivity index (χ0n) is 18.7. The molecule has 0 bridgehead atoms. The molecule has 1 amide bonds. The summed E-state index contributed by atoms with van der Waals surface area (Å²) >= 11 is 2.86. The molecule has 0 aromatic carbocycles. The minimum atomic E-state index is -0.386. The quantitative estimate of drug-likeness (QED) is 0.653. The lowest BCUT2D eigenvalue weighted by molar-refractivity contribution is -0.115. The maximum Gasteiger partial charge on any atom is 0.238 e. The van der Waals surface area contributed by atoms with Crippen molar-refractivity contribution in [2.75, 3.05) is 18.9 Å². The van der Waals surface area contributed by atoms with Crippen LogP contribution < -0.4 is 5.32 Å². The van der Waals surface area contributed by atoms with Gasteiger partial charge >= 0.3 is 0 Å². The zero-order chi connectivity index (χ0) is 22.8. The van der Waals surface area contributed by atoms with Gasteiger partial charge in [0.05, 0.1) is 16.4 Å². The number of amides is 1. The number of rotatable bonds is 5. The lowest BCUT2D eigenvalue weighted by Gasteiger charge is -2.22. The second-order valence-corrected chi connectivity index (χ2v) is 11.0. The highest BCUT2D eigenvalue weighted by Crippen LogP contribution is 2.38. The number of carbonyl (C=O) groups is 1. The molecular formula is C24H27N5OS2. The van der Waals surface area contributed by atoms with Crippen molar-refractivity contribution >= 4 is 34.0 Å². The highest BCUT2D eigenvalue weighted by atomic mass is 32.2. The molecule has 0 spiro atoms. The van der Waals surface area contributed by atoms with Gasteiger partial charge in [0.25, 0.3) is 0 Å². The Morgan fingerprint density at radius 1 is 1.41 bits per heavy atom. The summed E-state index contributed by atoms with van der Waals surface area (Å²) in [7, 11) is 2.07. The Hall–Kier alpha value is -2.39. The molecule has 2 atom stereocenters. The molecule has 32 heavy (non-hydrogen) atoms. The number of nitrogens with zero attached hydrogens (tertiary/aromatic N) is 4. The Bertz CT molecular complexity index is 1130. The second-order valence-electron chi connectivity index (χ2n) is 8.72. The Morgan fingerprint density at radius 3 is 2.94 bits per heavy atom. The smallest absolute Gasteiger partial charge is 0.238 e. The number of aromatic nitrogens is 1. The first-order valence-corrected chi connectivity index (χ1v) is 12.8. The van der Waals surface area contributed by atoms with Gasteiger partial charge < -0.3 is 10.2 Å². The number of thioether (sulfide) groups is 1. The molecule has 8 heteroatoms. The minimum absolute atomic E-state index is 0.141. The molecular weight excluding hydrogens is 438 g/mol. The first-order chi connectivity index (χ1) is 15.4. The molecule has 1 N–H and O–H groups in total. The molecule has 2 unspecified atom stereocenters. The Morgan fingerprint density at radius 2 is 2.22 bits per heavy atom. The lowest BCUT2D eigenvalue weighted by Crippen LogP contribution is -2.25. The zero-order valence-corrected chi connectivity index (χ0v) is 20.3. The summed E-state index contributed by atoms with van der Waals surface area (Å²) < 4.78 is 0. The van der Waals surface area contributed by atoms with Crippen molar-refractivity contribution in [3.8, 4) is 12.1 Å². The number of carbonyl (C=O) groups excluding carboxylic acids is 1. The molecule has 2 aliphatic rings. The molecule has 2 aromatic heterocycles. The van der Waals surface area contributed by atoms with Crippen LogP contribution in [0.25, 0.3) is 0 Å². The van der Waals surface area contributed by atoms with E-state index in [0.29, 0.717) is 33.5 Å². The highest BCUT2D eigenvalue weighted by Gasteiger charge is 2.27. The van der Waals surface area contributed by atoms with Crippen molar-refractivity contribution < 1.29 is 4.79 Å². The topological polar surface area (TPSA) is 92.8 Å². The number of likely N-dealkylation sites (N-methyl/N-ethyl adjacent to an activating group) is 1. The van der Waals surface area contributed by atoms with Gasteiger partial charge in [-0.2, -0.15) is 10.5 Å². The van der Waals surface area contributed by atoms with Crippen LogP contribution in [-0.4, -0.2) is 34.6 Å². The number of anilines is 1. The van der Waals surface area contributed by atoms with Crippen LogP contribution >= 0.6 is 23.1 Å². The van der Waals surface area contributed by atoms with E-state index in [4.69, 9.17) is 4.98 Å². The third-order valence-corrected chi connectivity index (χ3v) is 8.73. The fraction of sp³-hybridized carbons (Fsp3) is 0.500.